The van der Waals surface area contributed by atoms with Crippen molar-refractivity contribution in [3.63, 3.8) is 0 Å². The quantitative estimate of drug-likeness (QED) is 0.623. The number of carbonyl (C=O) groups excluding carboxylic acids is 3. The number of likely N-dealkylation sites (N-methyl/N-ethyl adjacent to an activating group) is 1. The highest BCUT2D eigenvalue weighted by atomic mass is 32.2. The summed E-state index contributed by atoms with van der Waals surface area (Å²) in [6.07, 6.45) is 0. The normalized spacial score (nSPS) is 15.5. The predicted octanol–water partition coefficient (Wildman–Crippen LogP) is 1.03. The second kappa shape index (κ2) is 10.3. The number of nitrogens with one attached hydrogen (secondary N) is 2. The molecule has 2 N–H and O–H groups in total. The molecule has 1 unspecified atom stereocenters. The predicted molar refractivity (Wildman–Crippen MR) is 118 cm³/mol. The van der Waals surface area contributed by atoms with Gasteiger partial charge in [0, 0.05) is 45.7 Å². The summed E-state index contributed by atoms with van der Waals surface area (Å²) in [4.78, 5) is 37.9. The lowest BCUT2D eigenvalue weighted by molar-refractivity contribution is -0.130. The molecule has 2 aromatic rings. The van der Waals surface area contributed by atoms with Crippen LogP contribution in [0, 0.1) is 11.6 Å². The number of hydrogen-bond donors (Lipinski definition) is 2. The van der Waals surface area contributed by atoms with E-state index in [-0.39, 0.29) is 35.0 Å². The number of carbonyl (C=O) groups is 3. The number of benzene rings is 2. The van der Waals surface area contributed by atoms with Crippen molar-refractivity contribution in [2.75, 3.05) is 33.2 Å². The summed E-state index contributed by atoms with van der Waals surface area (Å²) in [5, 5.41) is 4.80. The van der Waals surface area contributed by atoms with Gasteiger partial charge in [-0.05, 0) is 42.0 Å². The van der Waals surface area contributed by atoms with Crippen molar-refractivity contribution in [1.29, 1.82) is 0 Å². The first-order valence-electron chi connectivity index (χ1n) is 10.4. The molecule has 3 amide bonds. The molecule has 1 aliphatic rings. The Morgan fingerprint density at radius 3 is 2.09 bits per heavy atom. The molecule has 1 atom stereocenters. The van der Waals surface area contributed by atoms with Gasteiger partial charge in [-0.15, -0.1) is 0 Å². The van der Waals surface area contributed by atoms with Gasteiger partial charge in [-0.3, -0.25) is 14.4 Å². The van der Waals surface area contributed by atoms with E-state index in [0.717, 1.165) is 12.1 Å². The molecule has 0 radical (unpaired) electrons. The van der Waals surface area contributed by atoms with Gasteiger partial charge in [0.2, 0.25) is 21.8 Å². The first kappa shape index (κ1) is 25.2. The lowest BCUT2D eigenvalue weighted by Crippen LogP contribution is -2.49. The zero-order valence-electron chi connectivity index (χ0n) is 18.5. The van der Waals surface area contributed by atoms with E-state index in [2.05, 4.69) is 10.6 Å². The highest BCUT2D eigenvalue weighted by molar-refractivity contribution is 7.89. The zero-order valence-corrected chi connectivity index (χ0v) is 19.4. The lowest BCUT2D eigenvalue weighted by atomic mass is 10.0. The fourth-order valence-corrected chi connectivity index (χ4v) is 4.94. The Morgan fingerprint density at radius 2 is 1.56 bits per heavy atom. The maximum absolute atomic E-state index is 13.6. The highest BCUT2D eigenvalue weighted by Crippen LogP contribution is 2.20. The molecule has 34 heavy (non-hydrogen) atoms. The van der Waals surface area contributed by atoms with E-state index < -0.39 is 39.5 Å². The topological polar surface area (TPSA) is 116 Å². The molecule has 1 saturated heterocycles. The van der Waals surface area contributed by atoms with Crippen LogP contribution in [0.2, 0.25) is 0 Å². The molecular weight excluding hydrogens is 470 g/mol. The maximum Gasteiger partial charge on any atom is 0.252 e. The number of nitrogens with zero attached hydrogens (tertiary/aromatic N) is 2. The number of amides is 3. The second-order valence-electron chi connectivity index (χ2n) is 7.63. The van der Waals surface area contributed by atoms with Gasteiger partial charge in [-0.2, -0.15) is 4.31 Å². The molecule has 0 spiro atoms. The summed E-state index contributed by atoms with van der Waals surface area (Å²) >= 11 is 0. The summed E-state index contributed by atoms with van der Waals surface area (Å²) in [7, 11) is -2.49. The molecule has 3 rings (SSSR count). The van der Waals surface area contributed by atoms with Crippen molar-refractivity contribution in [3.05, 3.63) is 65.2 Å². The minimum atomic E-state index is -3.82. The average molecular weight is 495 g/mol. The molecular formula is C22H24F2N4O5S. The molecule has 2 aromatic carbocycles. The fraction of sp³-hybridized carbons (Fsp3) is 0.318. The van der Waals surface area contributed by atoms with Gasteiger partial charge in [0.25, 0.3) is 5.91 Å². The van der Waals surface area contributed by atoms with E-state index >= 15 is 0 Å². The number of hydrogen-bond acceptors (Lipinski definition) is 5. The van der Waals surface area contributed by atoms with Gasteiger partial charge in [0.1, 0.15) is 6.04 Å². The Labute approximate surface area is 195 Å². The molecule has 0 aliphatic carbocycles. The summed E-state index contributed by atoms with van der Waals surface area (Å²) < 4.78 is 54.0. The largest absolute Gasteiger partial charge is 0.357 e. The van der Waals surface area contributed by atoms with Crippen LogP contribution in [0.4, 0.5) is 8.78 Å². The Morgan fingerprint density at radius 1 is 0.941 bits per heavy atom. The minimum Gasteiger partial charge on any atom is -0.357 e. The molecule has 12 heteroatoms. The molecule has 0 bridgehead atoms. The van der Waals surface area contributed by atoms with E-state index in [1.54, 1.807) is 4.90 Å². The van der Waals surface area contributed by atoms with E-state index in [0.29, 0.717) is 13.1 Å². The van der Waals surface area contributed by atoms with Crippen molar-refractivity contribution >= 4 is 27.7 Å². The first-order chi connectivity index (χ1) is 16.0. The smallest absolute Gasteiger partial charge is 0.252 e. The molecule has 9 nitrogen and oxygen atoms in total. The van der Waals surface area contributed by atoms with Crippen molar-refractivity contribution in [3.8, 4) is 0 Å². The van der Waals surface area contributed by atoms with Gasteiger partial charge < -0.3 is 15.5 Å². The van der Waals surface area contributed by atoms with Crippen molar-refractivity contribution in [2.45, 2.75) is 17.9 Å². The average Bonchev–Trinajstić information content (AvgIpc) is 2.83. The summed E-state index contributed by atoms with van der Waals surface area (Å²) in [5.74, 6) is -3.74. The van der Waals surface area contributed by atoms with Crippen LogP contribution in [-0.4, -0.2) is 68.6 Å². The van der Waals surface area contributed by atoms with Crippen LogP contribution in [0.1, 0.15) is 28.9 Å². The van der Waals surface area contributed by atoms with E-state index in [9.17, 15) is 31.6 Å². The lowest BCUT2D eigenvalue weighted by Gasteiger charge is -2.33. The van der Waals surface area contributed by atoms with E-state index in [4.69, 9.17) is 0 Å². The summed E-state index contributed by atoms with van der Waals surface area (Å²) in [5.41, 5.74) is 0.104. The SMILES string of the molecule is CNC(=O)C(NC(=O)c1ccc(S(=O)(=O)N2CCN(C(C)=O)CC2)cc1)c1ccc(F)c(F)c1. The third-order valence-corrected chi connectivity index (χ3v) is 7.41. The number of halogens is 2. The Bertz CT molecular complexity index is 1200. The van der Waals surface area contributed by atoms with Crippen LogP contribution in [0.25, 0.3) is 0 Å². The maximum atomic E-state index is 13.6. The molecule has 0 saturated carbocycles. The van der Waals surface area contributed by atoms with Gasteiger partial charge in [-0.25, -0.2) is 17.2 Å². The molecule has 0 aromatic heterocycles. The van der Waals surface area contributed by atoms with Crippen molar-refractivity contribution in [1.82, 2.24) is 19.8 Å². The number of sulfonamides is 1. The zero-order chi connectivity index (χ0) is 25.0. The van der Waals surface area contributed by atoms with Gasteiger partial charge >= 0.3 is 0 Å². The van der Waals surface area contributed by atoms with Crippen LogP contribution in [-0.2, 0) is 19.6 Å². The highest BCUT2D eigenvalue weighted by Gasteiger charge is 2.29. The Hall–Kier alpha value is -3.38. The van der Waals surface area contributed by atoms with Crippen LogP contribution in [0.5, 0.6) is 0 Å². The molecule has 1 aliphatic heterocycles. The number of rotatable bonds is 6. The summed E-state index contributed by atoms with van der Waals surface area (Å²) in [6.45, 7) is 2.33. The molecule has 182 valence electrons. The van der Waals surface area contributed by atoms with Crippen LogP contribution < -0.4 is 10.6 Å². The summed E-state index contributed by atoms with van der Waals surface area (Å²) in [6, 6.07) is 6.68. The molecule has 1 fully saturated rings. The van der Waals surface area contributed by atoms with E-state index in [1.165, 1.54) is 48.6 Å². The second-order valence-corrected chi connectivity index (χ2v) is 9.57. The number of piperazine rings is 1. The van der Waals surface area contributed by atoms with Crippen LogP contribution in [0.15, 0.2) is 47.4 Å². The van der Waals surface area contributed by atoms with Gasteiger partial charge in [0.15, 0.2) is 11.6 Å². The van der Waals surface area contributed by atoms with Gasteiger partial charge in [-0.1, -0.05) is 6.07 Å². The fourth-order valence-electron chi connectivity index (χ4n) is 3.52. The first-order valence-corrected chi connectivity index (χ1v) is 11.8. The van der Waals surface area contributed by atoms with E-state index in [1.807, 2.05) is 0 Å². The van der Waals surface area contributed by atoms with Crippen LogP contribution in [0.3, 0.4) is 0 Å². The standard InChI is InChI=1S/C22H24F2N4O5S/c1-14(29)27-9-11-28(12-10-27)34(32,33)17-6-3-15(4-7-17)21(30)26-20(22(31)25-2)16-5-8-18(23)19(24)13-16/h3-8,13,20H,9-12H2,1-2H3,(H,25,31)(H,26,30). The third kappa shape index (κ3) is 5.39. The van der Waals surface area contributed by atoms with Crippen molar-refractivity contribution < 1.29 is 31.6 Å². The molecule has 1 heterocycles. The van der Waals surface area contributed by atoms with Crippen LogP contribution >= 0.6 is 0 Å². The Balaban J connectivity index is 1.75. The third-order valence-electron chi connectivity index (χ3n) is 5.50. The van der Waals surface area contributed by atoms with Crippen molar-refractivity contribution in [2.24, 2.45) is 0 Å². The van der Waals surface area contributed by atoms with Gasteiger partial charge in [0.05, 0.1) is 4.90 Å². The minimum absolute atomic E-state index is 0.0243. The Kier molecular flexibility index (Phi) is 7.62. The monoisotopic (exact) mass is 494 g/mol.